The summed E-state index contributed by atoms with van der Waals surface area (Å²) in [5, 5.41) is 11.5. The highest BCUT2D eigenvalue weighted by Crippen LogP contribution is 2.28. The van der Waals surface area contributed by atoms with Gasteiger partial charge in [-0.1, -0.05) is 6.07 Å². The first kappa shape index (κ1) is 19.8. The lowest BCUT2D eigenvalue weighted by atomic mass is 9.99. The van der Waals surface area contributed by atoms with E-state index in [2.05, 4.69) is 20.5 Å². The van der Waals surface area contributed by atoms with Crippen LogP contribution in [0, 0.1) is 13.8 Å². The molecule has 3 aromatic heterocycles. The van der Waals surface area contributed by atoms with Gasteiger partial charge in [0.1, 0.15) is 0 Å². The Balaban J connectivity index is 1.75. The molecule has 0 radical (unpaired) electrons. The van der Waals surface area contributed by atoms with Gasteiger partial charge in [-0.2, -0.15) is 5.10 Å². The van der Waals surface area contributed by atoms with Gasteiger partial charge in [0.2, 0.25) is 0 Å². The molecule has 4 aromatic rings. The molecule has 0 saturated carbocycles. The van der Waals surface area contributed by atoms with Crippen molar-refractivity contribution in [3.8, 4) is 11.1 Å². The molecule has 0 unspecified atom stereocenters. The fraction of sp³-hybridized carbons (Fsp3) is 0.261. The van der Waals surface area contributed by atoms with Gasteiger partial charge in [0.25, 0.3) is 5.56 Å². The number of H-pyrrole nitrogens is 1. The van der Waals surface area contributed by atoms with Crippen LogP contribution in [-0.2, 0) is 11.8 Å². The van der Waals surface area contributed by atoms with E-state index < -0.39 is 0 Å². The fourth-order valence-corrected chi connectivity index (χ4v) is 3.53. The predicted molar refractivity (Wildman–Crippen MR) is 119 cm³/mol. The Labute approximate surface area is 174 Å². The molecule has 0 aliphatic rings. The van der Waals surface area contributed by atoms with Crippen molar-refractivity contribution in [2.45, 2.75) is 26.9 Å². The number of nitrogens with one attached hydrogen (secondary N) is 2. The molecule has 0 aliphatic carbocycles. The summed E-state index contributed by atoms with van der Waals surface area (Å²) >= 11 is 0. The summed E-state index contributed by atoms with van der Waals surface area (Å²) in [6.07, 6.45) is 1.74. The first-order valence-corrected chi connectivity index (χ1v) is 9.80. The molecule has 4 rings (SSSR count). The van der Waals surface area contributed by atoms with E-state index in [-0.39, 0.29) is 11.7 Å². The minimum absolute atomic E-state index is 0.0377. The molecule has 0 fully saturated rings. The molecule has 0 aliphatic heterocycles. The number of aryl methyl sites for hydroxylation is 3. The lowest BCUT2D eigenvalue weighted by molar-refractivity contribution is 0.116. The number of nitrogens with zero attached hydrogens (tertiary/aromatic N) is 3. The van der Waals surface area contributed by atoms with Crippen LogP contribution < -0.4 is 10.9 Å². The van der Waals surface area contributed by atoms with Crippen molar-refractivity contribution in [3.63, 3.8) is 0 Å². The summed E-state index contributed by atoms with van der Waals surface area (Å²) in [5.74, 6) is 0.690. The number of aromatic nitrogens is 4. The zero-order chi connectivity index (χ0) is 21.4. The Kier molecular flexibility index (Phi) is 5.13. The third-order valence-corrected chi connectivity index (χ3v) is 5.43. The highest BCUT2D eigenvalue weighted by Gasteiger charge is 2.13. The Morgan fingerprint density at radius 3 is 2.70 bits per heavy atom. The smallest absolute Gasteiger partial charge is 0.258 e. The van der Waals surface area contributed by atoms with Crippen molar-refractivity contribution >= 4 is 22.4 Å². The topological polar surface area (TPSA) is 84.8 Å². The van der Waals surface area contributed by atoms with Gasteiger partial charge in [-0.25, -0.2) is 0 Å². The van der Waals surface area contributed by atoms with Crippen molar-refractivity contribution in [1.82, 2.24) is 19.7 Å². The normalized spacial score (nSPS) is 12.3. The van der Waals surface area contributed by atoms with Gasteiger partial charge < -0.3 is 14.6 Å². The largest absolute Gasteiger partial charge is 0.375 e. The van der Waals surface area contributed by atoms with Gasteiger partial charge in [0.05, 0.1) is 17.3 Å². The van der Waals surface area contributed by atoms with Crippen LogP contribution in [0.1, 0.15) is 30.0 Å². The highest BCUT2D eigenvalue weighted by atomic mass is 16.5. The molecular formula is C23H25N5O2. The number of anilines is 2. The van der Waals surface area contributed by atoms with E-state index in [1.807, 2.05) is 63.4 Å². The minimum Gasteiger partial charge on any atom is -0.375 e. The van der Waals surface area contributed by atoms with Crippen molar-refractivity contribution in [1.29, 1.82) is 0 Å². The maximum Gasteiger partial charge on any atom is 0.258 e. The maximum absolute atomic E-state index is 13.1. The van der Waals surface area contributed by atoms with Crippen LogP contribution in [0.3, 0.4) is 0 Å². The third kappa shape index (κ3) is 3.59. The Hall–Kier alpha value is -3.45. The number of fused-ring (bicyclic) bond motifs is 1. The van der Waals surface area contributed by atoms with Gasteiger partial charge in [-0.3, -0.25) is 14.9 Å². The van der Waals surface area contributed by atoms with Crippen LogP contribution >= 0.6 is 0 Å². The SMILES string of the molecule is CO[C@@H](C)c1cc(Nc2ccc(C)c(-c3cc4cnc(C)cc4n(C)c3=O)c2)n[nH]1. The van der Waals surface area contributed by atoms with Crippen molar-refractivity contribution < 1.29 is 4.74 Å². The summed E-state index contributed by atoms with van der Waals surface area (Å²) in [5.41, 5.74) is 6.00. The van der Waals surface area contributed by atoms with Crippen molar-refractivity contribution in [3.05, 3.63) is 69.9 Å². The zero-order valence-corrected chi connectivity index (χ0v) is 17.8. The molecule has 1 aromatic carbocycles. The summed E-state index contributed by atoms with van der Waals surface area (Å²) < 4.78 is 7.00. The van der Waals surface area contributed by atoms with Crippen LogP contribution in [0.5, 0.6) is 0 Å². The summed E-state index contributed by atoms with van der Waals surface area (Å²) in [7, 11) is 3.46. The van der Waals surface area contributed by atoms with Crippen LogP contribution in [0.25, 0.3) is 22.0 Å². The second kappa shape index (κ2) is 7.76. The van der Waals surface area contributed by atoms with E-state index in [4.69, 9.17) is 4.74 Å². The Morgan fingerprint density at radius 2 is 1.93 bits per heavy atom. The van der Waals surface area contributed by atoms with Crippen molar-refractivity contribution in [2.75, 3.05) is 12.4 Å². The molecule has 154 valence electrons. The van der Waals surface area contributed by atoms with Crippen LogP contribution in [0.2, 0.25) is 0 Å². The van der Waals surface area contributed by atoms with E-state index in [0.717, 1.165) is 39.1 Å². The lowest BCUT2D eigenvalue weighted by Crippen LogP contribution is -2.19. The molecule has 0 bridgehead atoms. The number of aromatic amines is 1. The monoisotopic (exact) mass is 403 g/mol. The molecule has 3 heterocycles. The Morgan fingerprint density at radius 1 is 1.13 bits per heavy atom. The number of benzene rings is 1. The average molecular weight is 403 g/mol. The average Bonchev–Trinajstić information content (AvgIpc) is 3.20. The number of rotatable bonds is 5. The van der Waals surface area contributed by atoms with E-state index in [1.54, 1.807) is 18.7 Å². The van der Waals surface area contributed by atoms with Gasteiger partial charge in [-0.05, 0) is 56.2 Å². The number of ether oxygens (including phenoxy) is 1. The first-order valence-electron chi connectivity index (χ1n) is 9.80. The van der Waals surface area contributed by atoms with E-state index in [9.17, 15) is 4.79 Å². The van der Waals surface area contributed by atoms with Gasteiger partial charge in [0, 0.05) is 48.8 Å². The Bertz CT molecular complexity index is 1290. The molecule has 7 nitrogen and oxygen atoms in total. The van der Waals surface area contributed by atoms with Crippen LogP contribution in [0.4, 0.5) is 11.5 Å². The molecule has 1 atom stereocenters. The summed E-state index contributed by atoms with van der Waals surface area (Å²) in [6, 6.07) is 11.7. The van der Waals surface area contributed by atoms with Crippen molar-refractivity contribution in [2.24, 2.45) is 7.05 Å². The number of hydrogen-bond donors (Lipinski definition) is 2. The standard InChI is InChI=1S/C23H25N5O2/c1-13-6-7-17(25-22-11-20(26-27-22)15(3)30-5)10-18(13)19-9-16-12-24-14(2)8-21(16)28(4)23(19)29/h6-12,15H,1-5H3,(H2,25,26,27)/t15-/m0/s1. The van der Waals surface area contributed by atoms with E-state index in [0.29, 0.717) is 11.4 Å². The quantitative estimate of drug-likeness (QED) is 0.516. The second-order valence-corrected chi connectivity index (χ2v) is 7.55. The molecule has 0 amide bonds. The second-order valence-electron chi connectivity index (χ2n) is 7.55. The maximum atomic E-state index is 13.1. The molecule has 30 heavy (non-hydrogen) atoms. The highest BCUT2D eigenvalue weighted by molar-refractivity contribution is 5.85. The third-order valence-electron chi connectivity index (χ3n) is 5.43. The van der Waals surface area contributed by atoms with Crippen LogP contribution in [-0.4, -0.2) is 26.9 Å². The summed E-state index contributed by atoms with van der Waals surface area (Å²) in [6.45, 7) is 5.88. The number of hydrogen-bond acceptors (Lipinski definition) is 5. The van der Waals surface area contributed by atoms with E-state index >= 15 is 0 Å². The van der Waals surface area contributed by atoms with Gasteiger partial charge in [-0.15, -0.1) is 0 Å². The molecule has 0 saturated heterocycles. The molecule has 2 N–H and O–H groups in total. The molecule has 7 heteroatoms. The number of methoxy groups -OCH3 is 1. The zero-order valence-electron chi connectivity index (χ0n) is 17.8. The number of pyridine rings is 2. The first-order chi connectivity index (χ1) is 14.4. The summed E-state index contributed by atoms with van der Waals surface area (Å²) in [4.78, 5) is 17.5. The minimum atomic E-state index is -0.0699. The van der Waals surface area contributed by atoms with Crippen LogP contribution in [0.15, 0.2) is 47.4 Å². The van der Waals surface area contributed by atoms with Gasteiger partial charge in [0.15, 0.2) is 5.82 Å². The predicted octanol–water partition coefficient (Wildman–Crippen LogP) is 4.39. The van der Waals surface area contributed by atoms with Gasteiger partial charge >= 0.3 is 0 Å². The lowest BCUT2D eigenvalue weighted by Gasteiger charge is -2.13. The fourth-order valence-electron chi connectivity index (χ4n) is 3.53. The molecule has 0 spiro atoms. The van der Waals surface area contributed by atoms with E-state index in [1.165, 1.54) is 0 Å². The molecular weight excluding hydrogens is 378 g/mol.